The van der Waals surface area contributed by atoms with Crippen LogP contribution in [-0.2, 0) is 0 Å². The summed E-state index contributed by atoms with van der Waals surface area (Å²) < 4.78 is 5.44. The number of rotatable bonds is 2. The normalized spacial score (nSPS) is 10.3. The summed E-state index contributed by atoms with van der Waals surface area (Å²) in [4.78, 5) is 1.41. The van der Waals surface area contributed by atoms with Gasteiger partial charge in [0.25, 0.3) is 0 Å². The Hall–Kier alpha value is -2.51. The van der Waals surface area contributed by atoms with E-state index in [1.54, 1.807) is 6.26 Å². The van der Waals surface area contributed by atoms with Crippen molar-refractivity contribution in [1.82, 2.24) is 0 Å². The van der Waals surface area contributed by atoms with Crippen molar-refractivity contribution >= 4 is 17.0 Å². The Balaban J connectivity index is 2.29. The van der Waals surface area contributed by atoms with Gasteiger partial charge < -0.3 is 10.2 Å². The molecule has 3 rings (SSSR count). The maximum Gasteiger partial charge on any atom is 0.144 e. The number of nitrogens with zero attached hydrogens (tertiary/aromatic N) is 1. The fourth-order valence-electron chi connectivity index (χ4n) is 2.00. The van der Waals surface area contributed by atoms with Crippen LogP contribution >= 0.6 is 11.3 Å². The van der Waals surface area contributed by atoms with Gasteiger partial charge in [0.15, 0.2) is 0 Å². The van der Waals surface area contributed by atoms with Gasteiger partial charge in [0, 0.05) is 5.56 Å². The van der Waals surface area contributed by atoms with Crippen LogP contribution in [0.1, 0.15) is 4.88 Å². The van der Waals surface area contributed by atoms with Crippen LogP contribution < -0.4 is 5.73 Å². The first-order valence-corrected chi connectivity index (χ1v) is 6.54. The average molecular weight is 266 g/mol. The van der Waals surface area contributed by atoms with Crippen molar-refractivity contribution in [1.29, 1.82) is 5.26 Å². The Morgan fingerprint density at radius 1 is 1.11 bits per heavy atom. The number of hydrogen-bond donors (Lipinski definition) is 1. The fourth-order valence-corrected chi connectivity index (χ4v) is 3.01. The molecule has 2 N–H and O–H groups in total. The van der Waals surface area contributed by atoms with Gasteiger partial charge in [-0.25, -0.2) is 0 Å². The van der Waals surface area contributed by atoms with Crippen molar-refractivity contribution in [2.24, 2.45) is 0 Å². The van der Waals surface area contributed by atoms with Crippen LogP contribution in [0.5, 0.6) is 0 Å². The van der Waals surface area contributed by atoms with E-state index in [-0.39, 0.29) is 0 Å². The Kier molecular flexibility index (Phi) is 2.82. The summed E-state index contributed by atoms with van der Waals surface area (Å²) in [5, 5.41) is 9.15. The molecule has 0 radical (unpaired) electrons. The summed E-state index contributed by atoms with van der Waals surface area (Å²) >= 11 is 1.36. The average Bonchev–Trinajstić information content (AvgIpc) is 3.07. The number of thiophene rings is 1. The van der Waals surface area contributed by atoms with Gasteiger partial charge in [-0.2, -0.15) is 5.26 Å². The molecule has 4 heteroatoms. The Labute approximate surface area is 114 Å². The summed E-state index contributed by atoms with van der Waals surface area (Å²) in [6.07, 6.45) is 1.62. The second-order valence-electron chi connectivity index (χ2n) is 4.00. The second kappa shape index (κ2) is 4.63. The third-order valence-electron chi connectivity index (χ3n) is 2.85. The third kappa shape index (κ3) is 1.90. The van der Waals surface area contributed by atoms with E-state index in [4.69, 9.17) is 15.4 Å². The molecular formula is C15H10N2OS. The minimum absolute atomic E-state index is 0.519. The number of nitrogens with two attached hydrogens (primary N) is 1. The topological polar surface area (TPSA) is 63.0 Å². The van der Waals surface area contributed by atoms with Crippen LogP contribution in [-0.4, -0.2) is 0 Å². The molecule has 0 atom stereocenters. The highest BCUT2D eigenvalue weighted by Gasteiger charge is 2.19. The van der Waals surface area contributed by atoms with Crippen LogP contribution in [0, 0.1) is 11.3 Å². The minimum Gasteiger partial charge on any atom is -0.463 e. The summed E-state index contributed by atoms with van der Waals surface area (Å²) in [6, 6.07) is 15.6. The van der Waals surface area contributed by atoms with Crippen molar-refractivity contribution in [3.8, 4) is 27.8 Å². The highest BCUT2D eigenvalue weighted by atomic mass is 32.1. The maximum atomic E-state index is 9.15. The van der Waals surface area contributed by atoms with Gasteiger partial charge in [0.1, 0.15) is 16.7 Å². The lowest BCUT2D eigenvalue weighted by Gasteiger charge is -2.03. The highest BCUT2D eigenvalue weighted by molar-refractivity contribution is 7.17. The zero-order valence-corrected chi connectivity index (χ0v) is 10.8. The van der Waals surface area contributed by atoms with Crippen molar-refractivity contribution in [3.63, 3.8) is 0 Å². The number of anilines is 1. The smallest absolute Gasteiger partial charge is 0.144 e. The molecule has 92 valence electrons. The summed E-state index contributed by atoms with van der Waals surface area (Å²) in [7, 11) is 0. The van der Waals surface area contributed by atoms with Gasteiger partial charge in [-0.3, -0.25) is 0 Å². The van der Waals surface area contributed by atoms with Crippen LogP contribution in [0.3, 0.4) is 0 Å². The van der Waals surface area contributed by atoms with E-state index in [1.165, 1.54) is 11.3 Å². The zero-order valence-electron chi connectivity index (χ0n) is 9.96. The van der Waals surface area contributed by atoms with Gasteiger partial charge in [-0.1, -0.05) is 30.3 Å². The van der Waals surface area contributed by atoms with Crippen molar-refractivity contribution in [2.45, 2.75) is 0 Å². The molecular weight excluding hydrogens is 256 g/mol. The monoisotopic (exact) mass is 266 g/mol. The minimum atomic E-state index is 0.519. The highest BCUT2D eigenvalue weighted by Crippen LogP contribution is 2.44. The first-order chi connectivity index (χ1) is 9.31. The SMILES string of the molecule is N#Cc1sc(-c2ccco2)c(-c2ccccc2)c1N. The van der Waals surface area contributed by atoms with E-state index in [0.717, 1.165) is 21.8 Å². The molecule has 0 amide bonds. The fraction of sp³-hybridized carbons (Fsp3) is 0. The van der Waals surface area contributed by atoms with E-state index in [9.17, 15) is 0 Å². The van der Waals surface area contributed by atoms with Crippen LogP contribution in [0.4, 0.5) is 5.69 Å². The van der Waals surface area contributed by atoms with Crippen molar-refractivity contribution in [3.05, 3.63) is 53.6 Å². The summed E-state index contributed by atoms with van der Waals surface area (Å²) in [5.41, 5.74) is 8.48. The molecule has 0 aliphatic carbocycles. The predicted octanol–water partition coefficient (Wildman–Crippen LogP) is 4.13. The largest absolute Gasteiger partial charge is 0.463 e. The van der Waals surface area contributed by atoms with Gasteiger partial charge in [-0.05, 0) is 17.7 Å². The van der Waals surface area contributed by atoms with Crippen molar-refractivity contribution in [2.75, 3.05) is 5.73 Å². The van der Waals surface area contributed by atoms with E-state index in [0.29, 0.717) is 10.6 Å². The Morgan fingerprint density at radius 3 is 2.53 bits per heavy atom. The van der Waals surface area contributed by atoms with Gasteiger partial charge in [-0.15, -0.1) is 11.3 Å². The first-order valence-electron chi connectivity index (χ1n) is 5.73. The Bertz CT molecular complexity index is 737. The molecule has 1 aromatic carbocycles. The molecule has 3 nitrogen and oxygen atoms in total. The first kappa shape index (κ1) is 11.6. The molecule has 0 saturated carbocycles. The lowest BCUT2D eigenvalue weighted by atomic mass is 10.0. The van der Waals surface area contributed by atoms with Gasteiger partial charge in [0.05, 0.1) is 16.8 Å². The number of benzene rings is 1. The molecule has 2 aromatic heterocycles. The molecule has 0 unspecified atom stereocenters. The van der Waals surface area contributed by atoms with E-state index < -0.39 is 0 Å². The van der Waals surface area contributed by atoms with Crippen LogP contribution in [0.25, 0.3) is 21.8 Å². The number of nitriles is 1. The van der Waals surface area contributed by atoms with Gasteiger partial charge in [0.2, 0.25) is 0 Å². The van der Waals surface area contributed by atoms with Crippen LogP contribution in [0.2, 0.25) is 0 Å². The van der Waals surface area contributed by atoms with E-state index >= 15 is 0 Å². The lowest BCUT2D eigenvalue weighted by Crippen LogP contribution is -1.88. The maximum absolute atomic E-state index is 9.15. The van der Waals surface area contributed by atoms with Crippen molar-refractivity contribution < 1.29 is 4.42 Å². The quantitative estimate of drug-likeness (QED) is 0.758. The molecule has 0 bridgehead atoms. The molecule has 0 fully saturated rings. The van der Waals surface area contributed by atoms with Gasteiger partial charge >= 0.3 is 0 Å². The van der Waals surface area contributed by atoms with E-state index in [2.05, 4.69) is 6.07 Å². The lowest BCUT2D eigenvalue weighted by molar-refractivity contribution is 0.584. The van der Waals surface area contributed by atoms with E-state index in [1.807, 2.05) is 42.5 Å². The number of hydrogen-bond acceptors (Lipinski definition) is 4. The molecule has 0 aliphatic heterocycles. The zero-order chi connectivity index (χ0) is 13.2. The molecule has 0 aliphatic rings. The summed E-state index contributed by atoms with van der Waals surface area (Å²) in [5.74, 6) is 0.733. The molecule has 0 spiro atoms. The molecule has 0 saturated heterocycles. The second-order valence-corrected chi connectivity index (χ2v) is 5.02. The standard InChI is InChI=1S/C15H10N2OS/c16-9-12-14(17)13(10-5-2-1-3-6-10)15(19-12)11-7-4-8-18-11/h1-8H,17H2. The molecule has 2 heterocycles. The number of nitrogen functional groups attached to an aromatic ring is 1. The predicted molar refractivity (Wildman–Crippen MR) is 76.6 cm³/mol. The Morgan fingerprint density at radius 2 is 1.89 bits per heavy atom. The third-order valence-corrected chi connectivity index (χ3v) is 3.98. The molecule has 19 heavy (non-hydrogen) atoms. The number of furan rings is 1. The molecule has 3 aromatic rings. The summed E-state index contributed by atoms with van der Waals surface area (Å²) in [6.45, 7) is 0. The van der Waals surface area contributed by atoms with Crippen LogP contribution in [0.15, 0.2) is 53.1 Å².